The fraction of sp³-hybridized carbons (Fsp3) is 1.00. The maximum atomic E-state index is 3.19. The van der Waals surface area contributed by atoms with E-state index >= 15 is 0 Å². The number of hydrogen-bond donors (Lipinski definition) is 0. The fourth-order valence-electron chi connectivity index (χ4n) is 24.6. The van der Waals surface area contributed by atoms with Gasteiger partial charge in [0, 0.05) is 0 Å². The smallest absolute Gasteiger partial charge is 0.0145 e. The number of unbranched alkanes of at least 4 members (excludes halogenated alkanes) is 19. The molecule has 0 aliphatic heterocycles. The first-order valence-electron chi connectivity index (χ1n) is 51.0. The van der Waals surface area contributed by atoms with Crippen LogP contribution in [0.2, 0.25) is 0 Å². The maximum absolute atomic E-state index is 3.19. The monoisotopic (exact) mass is 1470 g/mol. The van der Waals surface area contributed by atoms with Crippen LogP contribution >= 0.6 is 0 Å². The van der Waals surface area contributed by atoms with Crippen LogP contribution in [0, 0.1) is 92.7 Å². The average Bonchev–Trinajstić information content (AvgIpc) is 0.673. The Kier molecular flexibility index (Phi) is 68.4. The molecule has 0 aromatic rings. The van der Waals surface area contributed by atoms with Crippen molar-refractivity contribution < 1.29 is 0 Å². The highest BCUT2D eigenvalue weighted by Gasteiger charge is 2.72. The van der Waals surface area contributed by atoms with Crippen LogP contribution in [-0.2, 0) is 0 Å². The van der Waals surface area contributed by atoms with E-state index in [-0.39, 0.29) is 21.7 Å². The molecule has 0 fully saturated rings. The molecule has 105 heavy (non-hydrogen) atoms. The average molecular weight is 1470 g/mol. The third-order valence-corrected chi connectivity index (χ3v) is 30.0. The molecule has 0 nitrogen and oxygen atoms in total. The summed E-state index contributed by atoms with van der Waals surface area (Å²) in [5, 5.41) is 0. The maximum Gasteiger partial charge on any atom is -0.0145 e. The van der Waals surface area contributed by atoms with E-state index in [0.29, 0.717) is 5.92 Å². The molecule has 0 N–H and O–H groups in total. The zero-order valence-corrected chi connectivity index (χ0v) is 78.3. The predicted octanol–water partition coefficient (Wildman–Crippen LogP) is 38.9. The van der Waals surface area contributed by atoms with Crippen molar-refractivity contribution >= 4 is 0 Å². The van der Waals surface area contributed by atoms with Gasteiger partial charge in [0.05, 0.1) is 0 Å². The summed E-state index contributed by atoms with van der Waals surface area (Å²) >= 11 is 0. The van der Waals surface area contributed by atoms with Gasteiger partial charge in [0.25, 0.3) is 0 Å². The minimum atomic E-state index is 0.186. The van der Waals surface area contributed by atoms with E-state index in [0.717, 1.165) is 65.1 Å². The molecule has 0 saturated heterocycles. The first-order valence-corrected chi connectivity index (χ1v) is 51.0. The highest BCUT2D eigenvalue weighted by Crippen LogP contribution is 2.80. The summed E-state index contributed by atoms with van der Waals surface area (Å²) in [6.45, 7) is 58.4. The minimum Gasteiger partial charge on any atom is -0.0654 e. The van der Waals surface area contributed by atoms with E-state index in [1.165, 1.54) is 392 Å². The molecule has 632 valence electrons. The summed E-state index contributed by atoms with van der Waals surface area (Å²) in [7, 11) is 0. The molecule has 0 saturated carbocycles. The summed E-state index contributed by atoms with van der Waals surface area (Å²) in [6, 6.07) is 0. The zero-order chi connectivity index (χ0) is 78.3. The molecule has 0 radical (unpaired) electrons. The van der Waals surface area contributed by atoms with E-state index in [4.69, 9.17) is 0 Å². The van der Waals surface area contributed by atoms with Gasteiger partial charge in [-0.1, -0.05) is 505 Å². The Bertz CT molecular complexity index is 1770. The van der Waals surface area contributed by atoms with Crippen LogP contribution in [0.5, 0.6) is 0 Å². The van der Waals surface area contributed by atoms with Gasteiger partial charge in [0.2, 0.25) is 0 Å². The third-order valence-electron chi connectivity index (χ3n) is 30.0. The van der Waals surface area contributed by atoms with E-state index in [2.05, 4.69) is 152 Å². The van der Waals surface area contributed by atoms with E-state index in [9.17, 15) is 0 Å². The zero-order valence-electron chi connectivity index (χ0n) is 78.3. The van der Waals surface area contributed by atoms with Gasteiger partial charge in [-0.15, -0.1) is 0 Å². The van der Waals surface area contributed by atoms with Crippen molar-refractivity contribution in [1.29, 1.82) is 0 Å². The van der Waals surface area contributed by atoms with Crippen LogP contribution in [0.15, 0.2) is 0 Å². The second-order valence-electron chi connectivity index (χ2n) is 38.8. The lowest BCUT2D eigenvalue weighted by Crippen LogP contribution is -2.68. The van der Waals surface area contributed by atoms with E-state index < -0.39 is 0 Å². The van der Waals surface area contributed by atoms with Gasteiger partial charge >= 0.3 is 0 Å². The van der Waals surface area contributed by atoms with Gasteiger partial charge in [-0.3, -0.25) is 0 Å². The van der Waals surface area contributed by atoms with Crippen molar-refractivity contribution in [1.82, 2.24) is 0 Å². The van der Waals surface area contributed by atoms with E-state index in [1.807, 2.05) is 0 Å². The Morgan fingerprint density at radius 1 is 0.190 bits per heavy atom. The summed E-state index contributed by atoms with van der Waals surface area (Å²) in [5.74, 6) is 9.58. The molecule has 0 spiro atoms. The van der Waals surface area contributed by atoms with Crippen molar-refractivity contribution in [3.8, 4) is 0 Å². The Hall–Kier alpha value is 0. The summed E-state index contributed by atoms with van der Waals surface area (Å²) in [4.78, 5) is 0. The SMILES string of the molecule is CCCCCCC(CC)C(CC(CCC)CCCCC)(C(CCCCCCC(C)C)(CC(CCC)CCCCC)C(C)CC(CCC)CCCCC)C(CC(CC)CCCCC)(CC(CCC)CCCCC)C(CCC)(CCC(CC)CCCC)C(CCCC(CC)CCC)CC(CCC)CCCCC. The highest BCUT2D eigenvalue weighted by molar-refractivity contribution is 5.21. The summed E-state index contributed by atoms with van der Waals surface area (Å²) < 4.78 is 0. The van der Waals surface area contributed by atoms with Crippen LogP contribution in [0.4, 0.5) is 0 Å². The Morgan fingerprint density at radius 3 is 0.981 bits per heavy atom. The first kappa shape index (κ1) is 105. The number of hydrogen-bond acceptors (Lipinski definition) is 0. The quantitative estimate of drug-likeness (QED) is 0.0533. The van der Waals surface area contributed by atoms with Gasteiger partial charge < -0.3 is 0 Å². The van der Waals surface area contributed by atoms with Crippen molar-refractivity contribution in [2.75, 3.05) is 0 Å². The van der Waals surface area contributed by atoms with Gasteiger partial charge in [-0.25, -0.2) is 0 Å². The normalized spacial score (nSPS) is 17.9. The highest BCUT2D eigenvalue weighted by atomic mass is 14.8. The van der Waals surface area contributed by atoms with Crippen molar-refractivity contribution in [3.63, 3.8) is 0 Å². The fourth-order valence-corrected chi connectivity index (χ4v) is 24.6. The van der Waals surface area contributed by atoms with Crippen molar-refractivity contribution in [2.45, 2.75) is 583 Å². The van der Waals surface area contributed by atoms with Crippen molar-refractivity contribution in [2.24, 2.45) is 92.7 Å². The Balaban J connectivity index is 12.7. The molecular formula is C105H212. The molecule has 0 aromatic heterocycles. The molecule has 0 bridgehead atoms. The lowest BCUT2D eigenvalue weighted by atomic mass is 9.29. The molecular weight excluding hydrogens is 1260 g/mol. The van der Waals surface area contributed by atoms with Gasteiger partial charge in [-0.05, 0) is 170 Å². The molecule has 0 aliphatic carbocycles. The Labute approximate surface area is 671 Å². The summed E-state index contributed by atoms with van der Waals surface area (Å²) in [5.41, 5.74) is 0.843. The topological polar surface area (TPSA) is 0 Å². The molecule has 15 unspecified atom stereocenters. The molecule has 0 aromatic carbocycles. The van der Waals surface area contributed by atoms with Crippen LogP contribution < -0.4 is 0 Å². The predicted molar refractivity (Wildman–Crippen MR) is 486 cm³/mol. The molecule has 0 heteroatoms. The van der Waals surface area contributed by atoms with Crippen LogP contribution in [0.1, 0.15) is 583 Å². The molecule has 0 aliphatic rings. The third kappa shape index (κ3) is 39.7. The largest absolute Gasteiger partial charge is 0.0654 e. The first-order chi connectivity index (χ1) is 51.0. The molecule has 0 rings (SSSR count). The molecule has 0 amide bonds. The van der Waals surface area contributed by atoms with Crippen LogP contribution in [-0.4, -0.2) is 0 Å². The van der Waals surface area contributed by atoms with Crippen LogP contribution in [0.3, 0.4) is 0 Å². The minimum absolute atomic E-state index is 0.186. The number of rotatable bonds is 82. The van der Waals surface area contributed by atoms with Gasteiger partial charge in [0.15, 0.2) is 0 Å². The lowest BCUT2D eigenvalue weighted by molar-refractivity contribution is -0.270. The van der Waals surface area contributed by atoms with Gasteiger partial charge in [-0.2, -0.15) is 0 Å². The van der Waals surface area contributed by atoms with E-state index in [1.54, 1.807) is 38.5 Å². The Morgan fingerprint density at radius 2 is 0.533 bits per heavy atom. The van der Waals surface area contributed by atoms with Gasteiger partial charge in [0.1, 0.15) is 0 Å². The van der Waals surface area contributed by atoms with Crippen LogP contribution in [0.25, 0.3) is 0 Å². The summed E-state index contributed by atoms with van der Waals surface area (Å²) in [6.07, 6.45) is 96.7. The van der Waals surface area contributed by atoms with Crippen molar-refractivity contribution in [3.05, 3.63) is 0 Å². The molecule has 15 atom stereocenters. The standard InChI is InChI=1S/C105H212/c1-23-42-50-60-78-100(41-19)105(89-99(68-36-14)76-58-48-29-7,103(82-61-52-51-59-69-90(20)21,86-97(66-34-12)74-56-46-27-5)91(22)84-95(64-32-10)72-54-44-25-3)104(87-94(40-18)71-53-43-24-2,88-98(67-35-13)75-57-47-28-6)102(81-37-15,83-80-93(39-17)70-49-30-8)101(79-62-77-92(38-16)63-31-9)85-96(65-33-11)73-55-45-26-4/h90-101H,23-89H2,1-22H3. The lowest BCUT2D eigenvalue weighted by Gasteiger charge is -2.75. The molecule has 0 heterocycles. The second kappa shape index (κ2) is 68.4. The second-order valence-corrected chi connectivity index (χ2v) is 38.8.